The molecule has 1 saturated heterocycles. The van der Waals surface area contributed by atoms with Crippen molar-refractivity contribution >= 4 is 5.91 Å². The first-order valence-electron chi connectivity index (χ1n) is 5.82. The first-order valence-corrected chi connectivity index (χ1v) is 5.82. The quantitative estimate of drug-likeness (QED) is 0.795. The predicted octanol–water partition coefficient (Wildman–Crippen LogP) is 0.395. The fraction of sp³-hybridized carbons (Fsp3) is 0.462. The zero-order valence-electron chi connectivity index (χ0n) is 10.0. The number of amides is 1. The number of hydrogen-bond donors (Lipinski definition) is 2. The Labute approximate surface area is 101 Å². The Balaban J connectivity index is 2.00. The number of likely N-dealkylation sites (tertiary alicyclic amines) is 1. The highest BCUT2D eigenvalue weighted by atomic mass is 16.3. The summed E-state index contributed by atoms with van der Waals surface area (Å²) in [7, 11) is 0. The van der Waals surface area contributed by atoms with Gasteiger partial charge in [-0.2, -0.15) is 0 Å². The molecule has 2 rings (SSSR count). The number of nitrogens with zero attached hydrogens (tertiary/aromatic N) is 1. The summed E-state index contributed by atoms with van der Waals surface area (Å²) in [5.74, 6) is -0.0178. The fourth-order valence-corrected chi connectivity index (χ4v) is 2.08. The molecule has 1 aliphatic rings. The maximum atomic E-state index is 12.0. The second-order valence-corrected chi connectivity index (χ2v) is 4.89. The molecule has 0 aliphatic carbocycles. The van der Waals surface area contributed by atoms with Gasteiger partial charge in [0.1, 0.15) is 0 Å². The Morgan fingerprint density at radius 2 is 2.00 bits per heavy atom. The van der Waals surface area contributed by atoms with Crippen molar-refractivity contribution in [3.05, 3.63) is 35.4 Å². The molecule has 0 radical (unpaired) electrons. The SMILES string of the molecule is CC1(O)CN(C(=O)c2ccc(CCN)cc2)C1. The minimum atomic E-state index is -0.713. The third-order valence-corrected chi connectivity index (χ3v) is 2.98. The number of carbonyl (C=O) groups excluding carboxylic acids is 1. The van der Waals surface area contributed by atoms with Crippen molar-refractivity contribution in [3.63, 3.8) is 0 Å². The maximum absolute atomic E-state index is 12.0. The van der Waals surface area contributed by atoms with Crippen LogP contribution in [-0.2, 0) is 6.42 Å². The smallest absolute Gasteiger partial charge is 0.254 e. The molecule has 1 aromatic rings. The second-order valence-electron chi connectivity index (χ2n) is 4.89. The van der Waals surface area contributed by atoms with E-state index in [1.54, 1.807) is 11.8 Å². The molecule has 1 heterocycles. The minimum absolute atomic E-state index is 0.0178. The zero-order valence-corrected chi connectivity index (χ0v) is 10.0. The summed E-state index contributed by atoms with van der Waals surface area (Å²) in [5.41, 5.74) is 6.56. The topological polar surface area (TPSA) is 66.6 Å². The van der Waals surface area contributed by atoms with Crippen LogP contribution in [0.4, 0.5) is 0 Å². The Morgan fingerprint density at radius 1 is 1.41 bits per heavy atom. The van der Waals surface area contributed by atoms with Crippen LogP contribution in [0.3, 0.4) is 0 Å². The van der Waals surface area contributed by atoms with E-state index in [-0.39, 0.29) is 5.91 Å². The van der Waals surface area contributed by atoms with Gasteiger partial charge < -0.3 is 15.7 Å². The van der Waals surface area contributed by atoms with E-state index in [1.807, 2.05) is 24.3 Å². The van der Waals surface area contributed by atoms with Crippen LogP contribution >= 0.6 is 0 Å². The van der Waals surface area contributed by atoms with Crippen LogP contribution in [0.1, 0.15) is 22.8 Å². The van der Waals surface area contributed by atoms with Gasteiger partial charge in [-0.15, -0.1) is 0 Å². The Bertz CT molecular complexity index is 404. The van der Waals surface area contributed by atoms with E-state index in [0.29, 0.717) is 25.2 Å². The predicted molar refractivity (Wildman–Crippen MR) is 65.7 cm³/mol. The van der Waals surface area contributed by atoms with Crippen LogP contribution in [0.25, 0.3) is 0 Å². The molecule has 4 nitrogen and oxygen atoms in total. The monoisotopic (exact) mass is 234 g/mol. The molecule has 1 aromatic carbocycles. The van der Waals surface area contributed by atoms with Crippen LogP contribution in [0.2, 0.25) is 0 Å². The van der Waals surface area contributed by atoms with Crippen molar-refractivity contribution in [2.45, 2.75) is 18.9 Å². The van der Waals surface area contributed by atoms with Crippen LogP contribution in [0, 0.1) is 0 Å². The lowest BCUT2D eigenvalue weighted by molar-refractivity contribution is -0.0668. The molecule has 1 amide bonds. The summed E-state index contributed by atoms with van der Waals surface area (Å²) >= 11 is 0. The molecule has 0 unspecified atom stereocenters. The number of aliphatic hydroxyl groups is 1. The minimum Gasteiger partial charge on any atom is -0.386 e. The Kier molecular flexibility index (Phi) is 3.17. The molecular weight excluding hydrogens is 216 g/mol. The summed E-state index contributed by atoms with van der Waals surface area (Å²) in [6.45, 7) is 3.18. The third-order valence-electron chi connectivity index (χ3n) is 2.98. The highest BCUT2D eigenvalue weighted by molar-refractivity contribution is 5.94. The molecule has 17 heavy (non-hydrogen) atoms. The standard InChI is InChI=1S/C13H18N2O2/c1-13(17)8-15(9-13)12(16)11-4-2-10(3-5-11)6-7-14/h2-5,17H,6-9,14H2,1H3. The summed E-state index contributed by atoms with van der Waals surface area (Å²) < 4.78 is 0. The van der Waals surface area contributed by atoms with Crippen LogP contribution < -0.4 is 5.73 Å². The summed E-state index contributed by atoms with van der Waals surface area (Å²) in [6, 6.07) is 7.50. The van der Waals surface area contributed by atoms with Gasteiger partial charge in [0.05, 0.1) is 18.7 Å². The van der Waals surface area contributed by atoms with Gasteiger partial charge in [0.2, 0.25) is 0 Å². The van der Waals surface area contributed by atoms with E-state index in [9.17, 15) is 9.90 Å². The lowest BCUT2D eigenvalue weighted by Crippen LogP contribution is -2.61. The Hall–Kier alpha value is -1.39. The number of hydrogen-bond acceptors (Lipinski definition) is 3. The van der Waals surface area contributed by atoms with E-state index in [1.165, 1.54) is 0 Å². The van der Waals surface area contributed by atoms with Gasteiger partial charge in [0.15, 0.2) is 0 Å². The number of carbonyl (C=O) groups is 1. The normalized spacial score (nSPS) is 17.7. The second kappa shape index (κ2) is 4.47. The van der Waals surface area contributed by atoms with Gasteiger partial charge in [-0.1, -0.05) is 12.1 Å². The van der Waals surface area contributed by atoms with Gasteiger partial charge >= 0.3 is 0 Å². The number of rotatable bonds is 3. The molecule has 0 atom stereocenters. The largest absolute Gasteiger partial charge is 0.386 e. The van der Waals surface area contributed by atoms with E-state index in [0.717, 1.165) is 12.0 Å². The van der Waals surface area contributed by atoms with E-state index < -0.39 is 5.60 Å². The number of β-amino-alcohol motifs (C(OH)–C–C–N with tert-alkyl or cyclic N) is 1. The number of benzene rings is 1. The van der Waals surface area contributed by atoms with Gasteiger partial charge in [-0.3, -0.25) is 4.79 Å². The zero-order chi connectivity index (χ0) is 12.5. The van der Waals surface area contributed by atoms with Crippen molar-refractivity contribution in [3.8, 4) is 0 Å². The van der Waals surface area contributed by atoms with Crippen molar-refractivity contribution in [1.82, 2.24) is 4.90 Å². The van der Waals surface area contributed by atoms with Gasteiger partial charge in [-0.05, 0) is 37.6 Å². The van der Waals surface area contributed by atoms with Gasteiger partial charge in [0.25, 0.3) is 5.91 Å². The fourth-order valence-electron chi connectivity index (χ4n) is 2.08. The highest BCUT2D eigenvalue weighted by Crippen LogP contribution is 2.22. The van der Waals surface area contributed by atoms with Crippen molar-refractivity contribution < 1.29 is 9.90 Å². The summed E-state index contributed by atoms with van der Waals surface area (Å²) in [5, 5.41) is 9.59. The first kappa shape index (κ1) is 12.1. The van der Waals surface area contributed by atoms with Crippen LogP contribution in [-0.4, -0.2) is 41.1 Å². The lowest BCUT2D eigenvalue weighted by Gasteiger charge is -2.44. The van der Waals surface area contributed by atoms with E-state index >= 15 is 0 Å². The summed E-state index contributed by atoms with van der Waals surface area (Å²) in [6.07, 6.45) is 0.826. The molecule has 0 saturated carbocycles. The van der Waals surface area contributed by atoms with Crippen molar-refractivity contribution in [1.29, 1.82) is 0 Å². The highest BCUT2D eigenvalue weighted by Gasteiger charge is 2.39. The molecule has 92 valence electrons. The molecule has 4 heteroatoms. The lowest BCUT2D eigenvalue weighted by atomic mass is 9.95. The molecule has 0 aromatic heterocycles. The third kappa shape index (κ3) is 2.65. The van der Waals surface area contributed by atoms with Crippen molar-refractivity contribution in [2.24, 2.45) is 5.73 Å². The Morgan fingerprint density at radius 3 is 2.47 bits per heavy atom. The molecule has 1 aliphatic heterocycles. The molecule has 3 N–H and O–H groups in total. The van der Waals surface area contributed by atoms with E-state index in [2.05, 4.69) is 0 Å². The first-order chi connectivity index (χ1) is 8.02. The number of nitrogens with two attached hydrogens (primary N) is 1. The van der Waals surface area contributed by atoms with Crippen LogP contribution in [0.15, 0.2) is 24.3 Å². The molecule has 0 spiro atoms. The molecule has 1 fully saturated rings. The molecular formula is C13H18N2O2. The average molecular weight is 234 g/mol. The average Bonchev–Trinajstić information content (AvgIpc) is 2.26. The van der Waals surface area contributed by atoms with Gasteiger partial charge in [0, 0.05) is 5.56 Å². The maximum Gasteiger partial charge on any atom is 0.254 e. The van der Waals surface area contributed by atoms with Crippen molar-refractivity contribution in [2.75, 3.05) is 19.6 Å². The molecule has 0 bridgehead atoms. The van der Waals surface area contributed by atoms with E-state index in [4.69, 9.17) is 5.73 Å². The van der Waals surface area contributed by atoms with Gasteiger partial charge in [-0.25, -0.2) is 0 Å². The van der Waals surface area contributed by atoms with Crippen LogP contribution in [0.5, 0.6) is 0 Å². The summed E-state index contributed by atoms with van der Waals surface area (Å²) in [4.78, 5) is 13.6.